The molecular formula is C16H13N5. The molecule has 0 bridgehead atoms. The summed E-state index contributed by atoms with van der Waals surface area (Å²) in [5.41, 5.74) is 1.32. The lowest BCUT2D eigenvalue weighted by molar-refractivity contribution is 0.605. The van der Waals surface area contributed by atoms with Crippen molar-refractivity contribution in [2.45, 2.75) is 18.5 Å². The predicted octanol–water partition coefficient (Wildman–Crippen LogP) is 2.31. The highest BCUT2D eigenvalue weighted by molar-refractivity contribution is 6.32. The monoisotopic (exact) mass is 275 g/mol. The lowest BCUT2D eigenvalue weighted by Gasteiger charge is -2.12. The molecule has 1 aliphatic heterocycles. The van der Waals surface area contributed by atoms with Crippen molar-refractivity contribution in [2.75, 3.05) is 0 Å². The number of hydrogen-bond acceptors (Lipinski definition) is 5. The molecule has 2 heterocycles. The Morgan fingerprint density at radius 1 is 1.10 bits per heavy atom. The van der Waals surface area contributed by atoms with Crippen molar-refractivity contribution in [3.8, 4) is 6.07 Å². The number of aryl methyl sites for hydroxylation is 1. The summed E-state index contributed by atoms with van der Waals surface area (Å²) in [6, 6.07) is 14.0. The first kappa shape index (κ1) is 13.1. The van der Waals surface area contributed by atoms with Gasteiger partial charge in [0.05, 0.1) is 5.71 Å². The molecule has 0 fully saturated rings. The van der Waals surface area contributed by atoms with Crippen LogP contribution in [0.15, 0.2) is 58.9 Å². The van der Waals surface area contributed by atoms with E-state index in [1.165, 1.54) is 11.9 Å². The lowest BCUT2D eigenvalue weighted by atomic mass is 10.1. The number of aromatic nitrogens is 2. The lowest BCUT2D eigenvalue weighted by Crippen LogP contribution is -2.18. The van der Waals surface area contributed by atoms with E-state index in [4.69, 9.17) is 0 Å². The standard InChI is InChI=1S/C16H13N5/c17-11-16(15-8-9-18-12-19-15)20-10-14(21-16)7-6-13-4-2-1-3-5-13/h1-5,8-10,12H,6-7H2. The van der Waals surface area contributed by atoms with Crippen molar-refractivity contribution in [1.29, 1.82) is 5.26 Å². The minimum absolute atomic E-state index is 0.506. The van der Waals surface area contributed by atoms with Gasteiger partial charge in [-0.25, -0.2) is 20.0 Å². The van der Waals surface area contributed by atoms with E-state index >= 15 is 0 Å². The minimum atomic E-state index is -1.24. The van der Waals surface area contributed by atoms with E-state index < -0.39 is 5.66 Å². The summed E-state index contributed by atoms with van der Waals surface area (Å²) in [5, 5.41) is 9.44. The Morgan fingerprint density at radius 2 is 1.95 bits per heavy atom. The maximum Gasteiger partial charge on any atom is 0.281 e. The number of hydrogen-bond donors (Lipinski definition) is 0. The van der Waals surface area contributed by atoms with Crippen LogP contribution >= 0.6 is 0 Å². The zero-order valence-corrected chi connectivity index (χ0v) is 11.3. The maximum atomic E-state index is 9.44. The summed E-state index contributed by atoms with van der Waals surface area (Å²) in [5.74, 6) is 0. The average molecular weight is 275 g/mol. The Labute approximate surface area is 122 Å². The van der Waals surface area contributed by atoms with Gasteiger partial charge in [-0.15, -0.1) is 0 Å². The quantitative estimate of drug-likeness (QED) is 0.859. The van der Waals surface area contributed by atoms with Crippen LogP contribution in [-0.4, -0.2) is 21.9 Å². The fraction of sp³-hybridized carbons (Fsp3) is 0.188. The van der Waals surface area contributed by atoms with Crippen LogP contribution in [0, 0.1) is 11.3 Å². The molecule has 2 aromatic rings. The third-order valence-corrected chi connectivity index (χ3v) is 3.31. The minimum Gasteiger partial charge on any atom is -0.245 e. The van der Waals surface area contributed by atoms with E-state index in [1.54, 1.807) is 18.5 Å². The first-order chi connectivity index (χ1) is 10.3. The highest BCUT2D eigenvalue weighted by atomic mass is 15.1. The first-order valence-corrected chi connectivity index (χ1v) is 6.68. The summed E-state index contributed by atoms with van der Waals surface area (Å²) >= 11 is 0. The van der Waals surface area contributed by atoms with Crippen molar-refractivity contribution in [3.63, 3.8) is 0 Å². The van der Waals surface area contributed by atoms with Gasteiger partial charge in [-0.2, -0.15) is 5.26 Å². The molecular weight excluding hydrogens is 262 g/mol. The highest BCUT2D eigenvalue weighted by Crippen LogP contribution is 2.28. The van der Waals surface area contributed by atoms with E-state index in [-0.39, 0.29) is 0 Å². The molecule has 1 atom stereocenters. The van der Waals surface area contributed by atoms with Gasteiger partial charge < -0.3 is 0 Å². The molecule has 1 unspecified atom stereocenters. The molecule has 21 heavy (non-hydrogen) atoms. The first-order valence-electron chi connectivity index (χ1n) is 6.68. The molecule has 1 aromatic heterocycles. The Kier molecular flexibility index (Phi) is 3.52. The molecule has 0 saturated heterocycles. The molecule has 0 N–H and O–H groups in total. The van der Waals surface area contributed by atoms with Crippen LogP contribution in [0.3, 0.4) is 0 Å². The SMILES string of the molecule is N#CC1(c2ccncn2)N=CC(CCc2ccccc2)=N1. The summed E-state index contributed by atoms with van der Waals surface area (Å²) in [6.07, 6.45) is 6.29. The Bertz CT molecular complexity index is 715. The van der Waals surface area contributed by atoms with Gasteiger partial charge in [0.15, 0.2) is 0 Å². The van der Waals surface area contributed by atoms with Crippen LogP contribution in [-0.2, 0) is 12.1 Å². The normalized spacial score (nSPS) is 20.0. The number of rotatable bonds is 4. The summed E-state index contributed by atoms with van der Waals surface area (Å²) in [7, 11) is 0. The second kappa shape index (κ2) is 5.63. The summed E-state index contributed by atoms with van der Waals surface area (Å²) in [4.78, 5) is 16.7. The Morgan fingerprint density at radius 3 is 2.67 bits per heavy atom. The fourth-order valence-electron chi connectivity index (χ4n) is 2.20. The number of benzene rings is 1. The van der Waals surface area contributed by atoms with Gasteiger partial charge >= 0.3 is 0 Å². The number of nitrogens with zero attached hydrogens (tertiary/aromatic N) is 5. The van der Waals surface area contributed by atoms with Crippen molar-refractivity contribution >= 4 is 11.9 Å². The largest absolute Gasteiger partial charge is 0.281 e. The molecule has 0 amide bonds. The van der Waals surface area contributed by atoms with E-state index in [0.717, 1.165) is 18.6 Å². The van der Waals surface area contributed by atoms with Gasteiger partial charge in [-0.05, 0) is 24.5 Å². The van der Waals surface area contributed by atoms with E-state index in [1.807, 2.05) is 18.2 Å². The van der Waals surface area contributed by atoms with Gasteiger partial charge in [0.2, 0.25) is 0 Å². The van der Waals surface area contributed by atoms with Gasteiger partial charge in [0, 0.05) is 12.4 Å². The van der Waals surface area contributed by atoms with Crippen LogP contribution in [0.25, 0.3) is 0 Å². The predicted molar refractivity (Wildman–Crippen MR) is 80.0 cm³/mol. The van der Waals surface area contributed by atoms with E-state index in [0.29, 0.717) is 5.69 Å². The van der Waals surface area contributed by atoms with Crippen LogP contribution in [0.2, 0.25) is 0 Å². The van der Waals surface area contributed by atoms with Crippen molar-refractivity contribution in [3.05, 3.63) is 60.2 Å². The molecule has 5 heteroatoms. The van der Waals surface area contributed by atoms with Crippen molar-refractivity contribution in [2.24, 2.45) is 9.98 Å². The third kappa shape index (κ3) is 2.70. The van der Waals surface area contributed by atoms with Crippen molar-refractivity contribution in [1.82, 2.24) is 9.97 Å². The molecule has 3 rings (SSSR count). The van der Waals surface area contributed by atoms with Gasteiger partial charge in [0.1, 0.15) is 18.1 Å². The fourth-order valence-corrected chi connectivity index (χ4v) is 2.20. The Balaban J connectivity index is 1.78. The van der Waals surface area contributed by atoms with Crippen LogP contribution in [0.1, 0.15) is 17.7 Å². The zero-order valence-electron chi connectivity index (χ0n) is 11.3. The van der Waals surface area contributed by atoms with Gasteiger partial charge in [0.25, 0.3) is 5.66 Å². The molecule has 5 nitrogen and oxygen atoms in total. The molecule has 0 radical (unpaired) electrons. The zero-order chi connectivity index (χ0) is 14.5. The van der Waals surface area contributed by atoms with Gasteiger partial charge in [-0.1, -0.05) is 30.3 Å². The Hall–Kier alpha value is -2.87. The topological polar surface area (TPSA) is 74.3 Å². The van der Waals surface area contributed by atoms with Gasteiger partial charge in [-0.3, -0.25) is 0 Å². The molecule has 1 aromatic carbocycles. The second-order valence-electron chi connectivity index (χ2n) is 4.73. The van der Waals surface area contributed by atoms with Crippen LogP contribution in [0.5, 0.6) is 0 Å². The van der Waals surface area contributed by atoms with E-state index in [2.05, 4.69) is 38.2 Å². The highest BCUT2D eigenvalue weighted by Gasteiger charge is 2.35. The molecule has 0 spiro atoms. The third-order valence-electron chi connectivity index (χ3n) is 3.31. The number of aliphatic imine (C=N–C) groups is 2. The summed E-state index contributed by atoms with van der Waals surface area (Å²) < 4.78 is 0. The molecule has 102 valence electrons. The maximum absolute atomic E-state index is 9.44. The van der Waals surface area contributed by atoms with Crippen molar-refractivity contribution < 1.29 is 0 Å². The smallest absolute Gasteiger partial charge is 0.245 e. The van der Waals surface area contributed by atoms with E-state index in [9.17, 15) is 5.26 Å². The average Bonchev–Trinajstić information content (AvgIpc) is 3.00. The van der Waals surface area contributed by atoms with Crippen LogP contribution < -0.4 is 0 Å². The molecule has 0 saturated carbocycles. The molecule has 0 aliphatic carbocycles. The molecule has 1 aliphatic rings. The van der Waals surface area contributed by atoms with Crippen LogP contribution in [0.4, 0.5) is 0 Å². The summed E-state index contributed by atoms with van der Waals surface area (Å²) in [6.45, 7) is 0. The second-order valence-corrected chi connectivity index (χ2v) is 4.73. The number of nitriles is 1.